The predicted molar refractivity (Wildman–Crippen MR) is 88.5 cm³/mol. The van der Waals surface area contributed by atoms with Crippen molar-refractivity contribution in [3.8, 4) is 5.75 Å². The minimum atomic E-state index is -0.313. The van der Waals surface area contributed by atoms with E-state index < -0.39 is 0 Å². The van der Waals surface area contributed by atoms with E-state index in [-0.39, 0.29) is 5.91 Å². The van der Waals surface area contributed by atoms with Gasteiger partial charge in [0.25, 0.3) is 5.91 Å². The quantitative estimate of drug-likeness (QED) is 0.271. The van der Waals surface area contributed by atoms with Crippen LogP contribution in [-0.2, 0) is 0 Å². The van der Waals surface area contributed by atoms with Crippen LogP contribution >= 0.6 is 27.7 Å². The molecule has 0 atom stereocenters. The van der Waals surface area contributed by atoms with E-state index in [4.69, 9.17) is 10.6 Å². The Morgan fingerprint density at radius 2 is 1.81 bits per heavy atom. The molecular weight excluding hydrogens is 352 g/mol. The number of nitrogen functional groups attached to an aromatic ring is 1. The maximum atomic E-state index is 11.3. The van der Waals surface area contributed by atoms with E-state index in [2.05, 4.69) is 33.5 Å². The van der Waals surface area contributed by atoms with E-state index in [1.165, 1.54) is 4.90 Å². The molecule has 0 saturated heterocycles. The fraction of sp³-hybridized carbons (Fsp3) is 0.133. The summed E-state index contributed by atoms with van der Waals surface area (Å²) >= 11 is 5.14. The van der Waals surface area contributed by atoms with E-state index in [9.17, 15) is 4.79 Å². The van der Waals surface area contributed by atoms with Gasteiger partial charge in [-0.3, -0.25) is 10.2 Å². The lowest BCUT2D eigenvalue weighted by Gasteiger charge is -2.07. The molecule has 0 radical (unpaired) electrons. The smallest absolute Gasteiger partial charge is 0.265 e. The molecule has 2 rings (SSSR count). The maximum absolute atomic E-state index is 11.3. The van der Waals surface area contributed by atoms with Crippen LogP contribution in [0.1, 0.15) is 10.4 Å². The van der Waals surface area contributed by atoms with Gasteiger partial charge in [-0.2, -0.15) is 0 Å². The van der Waals surface area contributed by atoms with Gasteiger partial charge in [-0.1, -0.05) is 15.9 Å². The molecule has 1 amide bonds. The molecule has 0 saturated carbocycles. The van der Waals surface area contributed by atoms with Gasteiger partial charge in [-0.25, -0.2) is 5.84 Å². The van der Waals surface area contributed by atoms with Crippen LogP contribution in [0.15, 0.2) is 57.9 Å². The number of halogens is 1. The Balaban J connectivity index is 1.75. The highest BCUT2D eigenvalue weighted by atomic mass is 79.9. The number of hydrogen-bond donors (Lipinski definition) is 2. The molecule has 0 fully saturated rings. The first kappa shape index (κ1) is 15.9. The average Bonchev–Trinajstić information content (AvgIpc) is 2.53. The van der Waals surface area contributed by atoms with Crippen molar-refractivity contribution in [2.75, 3.05) is 12.4 Å². The molecule has 0 aromatic heterocycles. The highest BCUT2D eigenvalue weighted by Crippen LogP contribution is 2.21. The van der Waals surface area contributed by atoms with Crippen LogP contribution in [0.25, 0.3) is 0 Å². The summed E-state index contributed by atoms with van der Waals surface area (Å²) in [6.07, 6.45) is 0. The summed E-state index contributed by atoms with van der Waals surface area (Å²) in [7, 11) is 0. The molecule has 0 bridgehead atoms. The zero-order chi connectivity index (χ0) is 15.1. The monoisotopic (exact) mass is 366 g/mol. The Hall–Kier alpha value is -1.50. The number of thioether (sulfide) groups is 1. The van der Waals surface area contributed by atoms with Crippen LogP contribution in [-0.4, -0.2) is 18.3 Å². The second kappa shape index (κ2) is 8.07. The standard InChI is InChI=1S/C15H15BrN2O2S/c16-12-3-7-14(8-4-12)21-10-9-20-13-5-1-11(2-6-13)15(19)18-17/h1-8H,9-10,17H2,(H,18,19). The van der Waals surface area contributed by atoms with Crippen LogP contribution in [0, 0.1) is 0 Å². The zero-order valence-corrected chi connectivity index (χ0v) is 13.6. The molecule has 2 aromatic rings. The molecule has 2 aromatic carbocycles. The normalized spacial score (nSPS) is 10.2. The van der Waals surface area contributed by atoms with Gasteiger partial charge in [0.05, 0.1) is 6.61 Å². The third-order valence-corrected chi connectivity index (χ3v) is 4.19. The average molecular weight is 367 g/mol. The van der Waals surface area contributed by atoms with Crippen LogP contribution in [0.3, 0.4) is 0 Å². The van der Waals surface area contributed by atoms with Gasteiger partial charge in [0.1, 0.15) is 5.75 Å². The molecule has 4 nitrogen and oxygen atoms in total. The summed E-state index contributed by atoms with van der Waals surface area (Å²) in [5, 5.41) is 0. The molecule has 0 unspecified atom stereocenters. The van der Waals surface area contributed by atoms with Crippen LogP contribution < -0.4 is 16.0 Å². The maximum Gasteiger partial charge on any atom is 0.265 e. The largest absolute Gasteiger partial charge is 0.493 e. The Kier molecular flexibility index (Phi) is 6.10. The van der Waals surface area contributed by atoms with Crippen molar-refractivity contribution in [2.45, 2.75) is 4.90 Å². The van der Waals surface area contributed by atoms with Crippen LogP contribution in [0.4, 0.5) is 0 Å². The number of hydrazine groups is 1. The summed E-state index contributed by atoms with van der Waals surface area (Å²) in [6, 6.07) is 15.0. The molecule has 0 aliphatic rings. The van der Waals surface area contributed by atoms with Crippen LogP contribution in [0.2, 0.25) is 0 Å². The van der Waals surface area contributed by atoms with E-state index in [0.717, 1.165) is 16.0 Å². The molecule has 0 spiro atoms. The van der Waals surface area contributed by atoms with Crippen molar-refractivity contribution in [2.24, 2.45) is 5.84 Å². The van der Waals surface area contributed by atoms with Gasteiger partial charge in [-0.15, -0.1) is 11.8 Å². The number of carbonyl (C=O) groups is 1. The predicted octanol–water partition coefficient (Wildman–Crippen LogP) is 3.22. The molecule has 0 heterocycles. The topological polar surface area (TPSA) is 64.3 Å². The summed E-state index contributed by atoms with van der Waals surface area (Å²) in [4.78, 5) is 12.5. The minimum Gasteiger partial charge on any atom is -0.493 e. The lowest BCUT2D eigenvalue weighted by molar-refractivity contribution is 0.0953. The third kappa shape index (κ3) is 5.08. The number of hydrogen-bond acceptors (Lipinski definition) is 4. The highest BCUT2D eigenvalue weighted by molar-refractivity contribution is 9.10. The van der Waals surface area contributed by atoms with Crippen molar-refractivity contribution < 1.29 is 9.53 Å². The summed E-state index contributed by atoms with van der Waals surface area (Å²) in [5.41, 5.74) is 2.60. The van der Waals surface area contributed by atoms with E-state index in [1.807, 2.05) is 12.1 Å². The first-order valence-corrected chi connectivity index (χ1v) is 8.09. The Morgan fingerprint density at radius 3 is 2.43 bits per heavy atom. The van der Waals surface area contributed by atoms with Crippen molar-refractivity contribution >= 4 is 33.6 Å². The van der Waals surface area contributed by atoms with Crippen molar-refractivity contribution in [3.05, 3.63) is 58.6 Å². The number of nitrogens with two attached hydrogens (primary N) is 1. The zero-order valence-electron chi connectivity index (χ0n) is 11.2. The van der Waals surface area contributed by atoms with Gasteiger partial charge >= 0.3 is 0 Å². The molecule has 3 N–H and O–H groups in total. The molecule has 110 valence electrons. The SMILES string of the molecule is NNC(=O)c1ccc(OCCSc2ccc(Br)cc2)cc1. The highest BCUT2D eigenvalue weighted by Gasteiger charge is 2.03. The summed E-state index contributed by atoms with van der Waals surface area (Å²) in [5.74, 6) is 6.35. The number of rotatable bonds is 6. The molecule has 0 aliphatic heterocycles. The fourth-order valence-corrected chi connectivity index (χ4v) is 2.63. The fourth-order valence-electron chi connectivity index (χ4n) is 1.64. The lowest BCUT2D eigenvalue weighted by Crippen LogP contribution is -2.29. The van der Waals surface area contributed by atoms with Crippen molar-refractivity contribution in [1.82, 2.24) is 5.43 Å². The van der Waals surface area contributed by atoms with Crippen molar-refractivity contribution in [1.29, 1.82) is 0 Å². The number of benzene rings is 2. The number of ether oxygens (including phenoxy) is 1. The number of nitrogens with one attached hydrogen (secondary N) is 1. The first-order valence-electron chi connectivity index (χ1n) is 6.31. The van der Waals surface area contributed by atoms with Crippen molar-refractivity contribution in [3.63, 3.8) is 0 Å². The summed E-state index contributed by atoms with van der Waals surface area (Å²) < 4.78 is 6.70. The third-order valence-electron chi connectivity index (χ3n) is 2.68. The minimum absolute atomic E-state index is 0.313. The Morgan fingerprint density at radius 1 is 1.14 bits per heavy atom. The molecule has 6 heteroatoms. The Labute approximate surface area is 136 Å². The first-order chi connectivity index (χ1) is 10.2. The van der Waals surface area contributed by atoms with E-state index in [0.29, 0.717) is 12.2 Å². The van der Waals surface area contributed by atoms with E-state index >= 15 is 0 Å². The second-order valence-electron chi connectivity index (χ2n) is 4.15. The molecular formula is C15H15BrN2O2S. The summed E-state index contributed by atoms with van der Waals surface area (Å²) in [6.45, 7) is 0.600. The number of carbonyl (C=O) groups excluding carboxylic acids is 1. The number of amides is 1. The second-order valence-corrected chi connectivity index (χ2v) is 6.23. The van der Waals surface area contributed by atoms with Gasteiger partial charge in [0.15, 0.2) is 0 Å². The molecule has 21 heavy (non-hydrogen) atoms. The van der Waals surface area contributed by atoms with Gasteiger partial charge < -0.3 is 4.74 Å². The van der Waals surface area contributed by atoms with Gasteiger partial charge in [-0.05, 0) is 48.5 Å². The lowest BCUT2D eigenvalue weighted by atomic mass is 10.2. The van der Waals surface area contributed by atoms with Crippen LogP contribution in [0.5, 0.6) is 5.75 Å². The Bertz CT molecular complexity index is 588. The van der Waals surface area contributed by atoms with E-state index in [1.54, 1.807) is 36.0 Å². The van der Waals surface area contributed by atoms with Gasteiger partial charge in [0.2, 0.25) is 0 Å². The van der Waals surface area contributed by atoms with Gasteiger partial charge in [0, 0.05) is 20.7 Å². The molecule has 0 aliphatic carbocycles.